The Hall–Kier alpha value is -0.380. The smallest absolute Gasteiger partial charge is 0.0210 e. The van der Waals surface area contributed by atoms with Crippen molar-refractivity contribution in [3.05, 3.63) is 34.3 Å². The van der Waals surface area contributed by atoms with E-state index < -0.39 is 0 Å². The van der Waals surface area contributed by atoms with Crippen LogP contribution < -0.4 is 5.32 Å². The van der Waals surface area contributed by atoms with Crippen LogP contribution in [0.4, 0.5) is 0 Å². The number of hydrogen-bond acceptors (Lipinski definition) is 2. The van der Waals surface area contributed by atoms with Crippen LogP contribution in [0.5, 0.6) is 0 Å². The normalized spacial score (nSPS) is 22.9. The van der Waals surface area contributed by atoms with E-state index in [-0.39, 0.29) is 0 Å². The van der Waals surface area contributed by atoms with E-state index in [1.165, 1.54) is 22.9 Å². The lowest BCUT2D eigenvalue weighted by Crippen LogP contribution is -2.46. The van der Waals surface area contributed by atoms with E-state index >= 15 is 0 Å². The minimum absolute atomic E-state index is 0.335. The minimum Gasteiger partial charge on any atom is -0.313 e. The molecule has 1 aromatic carbocycles. The van der Waals surface area contributed by atoms with Crippen LogP contribution in [0.15, 0.2) is 28.7 Å². The molecule has 0 amide bonds. The summed E-state index contributed by atoms with van der Waals surface area (Å²) in [6.07, 6.45) is 2.53. The molecule has 112 valence electrons. The average Bonchev–Trinajstić information content (AvgIpc) is 2.27. The molecule has 0 aliphatic heterocycles. The zero-order chi connectivity index (χ0) is 14.8. The highest BCUT2D eigenvalue weighted by molar-refractivity contribution is 9.10. The lowest BCUT2D eigenvalue weighted by molar-refractivity contribution is 0.200. The van der Waals surface area contributed by atoms with Crippen LogP contribution in [0, 0.1) is 5.41 Å². The summed E-state index contributed by atoms with van der Waals surface area (Å²) in [5.74, 6) is 0.722. The molecule has 1 aliphatic rings. The van der Waals surface area contributed by atoms with Crippen LogP contribution in [0.3, 0.4) is 0 Å². The third kappa shape index (κ3) is 4.31. The van der Waals surface area contributed by atoms with Gasteiger partial charge in [0.2, 0.25) is 0 Å². The summed E-state index contributed by atoms with van der Waals surface area (Å²) in [4.78, 5) is 2.27. The second kappa shape index (κ2) is 6.59. The van der Waals surface area contributed by atoms with Crippen LogP contribution >= 0.6 is 15.9 Å². The molecule has 0 spiro atoms. The molecule has 0 unspecified atom stereocenters. The Kier molecular flexibility index (Phi) is 5.27. The van der Waals surface area contributed by atoms with Crippen molar-refractivity contribution < 1.29 is 0 Å². The predicted octanol–water partition coefficient (Wildman–Crippen LogP) is 3.87. The van der Waals surface area contributed by atoms with E-state index in [9.17, 15) is 0 Å². The van der Waals surface area contributed by atoms with Gasteiger partial charge in [-0.1, -0.05) is 48.0 Å². The van der Waals surface area contributed by atoms with Gasteiger partial charge in [0.15, 0.2) is 0 Å². The molecule has 20 heavy (non-hydrogen) atoms. The molecule has 1 aliphatic carbocycles. The molecular formula is C17H27BrN2. The SMILES string of the molecule is CN(C)CC(C)(C)CNC1CC(c2ccccc2Br)C1. The molecule has 1 aromatic rings. The van der Waals surface area contributed by atoms with Crippen molar-refractivity contribution >= 4 is 15.9 Å². The van der Waals surface area contributed by atoms with Gasteiger partial charge in [-0.25, -0.2) is 0 Å². The molecule has 0 aromatic heterocycles. The lowest BCUT2D eigenvalue weighted by atomic mass is 9.75. The van der Waals surface area contributed by atoms with Gasteiger partial charge < -0.3 is 10.2 Å². The quantitative estimate of drug-likeness (QED) is 0.846. The van der Waals surface area contributed by atoms with Crippen LogP contribution in [-0.2, 0) is 0 Å². The lowest BCUT2D eigenvalue weighted by Gasteiger charge is -2.39. The number of benzene rings is 1. The number of rotatable bonds is 6. The Balaban J connectivity index is 1.76. The van der Waals surface area contributed by atoms with Gasteiger partial charge >= 0.3 is 0 Å². The zero-order valence-electron chi connectivity index (χ0n) is 13.1. The van der Waals surface area contributed by atoms with Crippen LogP contribution in [-0.4, -0.2) is 38.1 Å². The fourth-order valence-electron chi connectivity index (χ4n) is 3.18. The summed E-state index contributed by atoms with van der Waals surface area (Å²) in [7, 11) is 4.29. The van der Waals surface area contributed by atoms with Gasteiger partial charge in [-0.3, -0.25) is 0 Å². The molecule has 0 atom stereocenters. The Morgan fingerprint density at radius 1 is 1.25 bits per heavy atom. The molecule has 2 rings (SSSR count). The summed E-state index contributed by atoms with van der Waals surface area (Å²) in [5.41, 5.74) is 1.81. The van der Waals surface area contributed by atoms with E-state index in [4.69, 9.17) is 0 Å². The van der Waals surface area contributed by atoms with Crippen molar-refractivity contribution in [3.8, 4) is 0 Å². The Bertz CT molecular complexity index is 436. The van der Waals surface area contributed by atoms with Gasteiger partial charge in [0.05, 0.1) is 0 Å². The van der Waals surface area contributed by atoms with Crippen molar-refractivity contribution in [1.29, 1.82) is 0 Å². The largest absolute Gasteiger partial charge is 0.313 e. The van der Waals surface area contributed by atoms with Gasteiger partial charge in [0.25, 0.3) is 0 Å². The fraction of sp³-hybridized carbons (Fsp3) is 0.647. The summed E-state index contributed by atoms with van der Waals surface area (Å²) in [5, 5.41) is 3.74. The molecule has 0 radical (unpaired) electrons. The maximum Gasteiger partial charge on any atom is 0.0210 e. The van der Waals surface area contributed by atoms with Crippen molar-refractivity contribution in [2.24, 2.45) is 5.41 Å². The van der Waals surface area contributed by atoms with Crippen LogP contribution in [0.25, 0.3) is 0 Å². The average molecular weight is 339 g/mol. The topological polar surface area (TPSA) is 15.3 Å². The molecule has 2 nitrogen and oxygen atoms in total. The first kappa shape index (κ1) is 16.0. The predicted molar refractivity (Wildman–Crippen MR) is 90.2 cm³/mol. The maximum atomic E-state index is 3.74. The van der Waals surface area contributed by atoms with E-state index in [2.05, 4.69) is 78.4 Å². The molecule has 0 saturated heterocycles. The molecular weight excluding hydrogens is 312 g/mol. The Labute approximate surface area is 132 Å². The third-order valence-electron chi connectivity index (χ3n) is 4.10. The summed E-state index contributed by atoms with van der Waals surface area (Å²) < 4.78 is 1.26. The molecule has 1 N–H and O–H groups in total. The molecule has 1 fully saturated rings. The van der Waals surface area contributed by atoms with Crippen LogP contribution in [0.1, 0.15) is 38.2 Å². The van der Waals surface area contributed by atoms with Gasteiger partial charge in [-0.05, 0) is 49.9 Å². The number of hydrogen-bond donors (Lipinski definition) is 1. The van der Waals surface area contributed by atoms with Gasteiger partial charge in [-0.2, -0.15) is 0 Å². The van der Waals surface area contributed by atoms with Crippen molar-refractivity contribution in [2.75, 3.05) is 27.2 Å². The van der Waals surface area contributed by atoms with Gasteiger partial charge in [-0.15, -0.1) is 0 Å². The zero-order valence-corrected chi connectivity index (χ0v) is 14.7. The van der Waals surface area contributed by atoms with E-state index in [0.29, 0.717) is 11.5 Å². The monoisotopic (exact) mass is 338 g/mol. The van der Waals surface area contributed by atoms with Crippen molar-refractivity contribution in [3.63, 3.8) is 0 Å². The first-order valence-electron chi connectivity index (χ1n) is 7.50. The fourth-order valence-corrected chi connectivity index (χ4v) is 3.79. The summed E-state index contributed by atoms with van der Waals surface area (Å²) in [6.45, 7) is 6.90. The molecule has 3 heteroatoms. The Morgan fingerprint density at radius 3 is 2.50 bits per heavy atom. The minimum atomic E-state index is 0.335. The summed E-state index contributed by atoms with van der Waals surface area (Å²) >= 11 is 3.66. The van der Waals surface area contributed by atoms with Crippen molar-refractivity contribution in [2.45, 2.75) is 38.6 Å². The van der Waals surface area contributed by atoms with E-state index in [0.717, 1.165) is 19.0 Å². The van der Waals surface area contributed by atoms with Gasteiger partial charge in [0.1, 0.15) is 0 Å². The number of nitrogens with zero attached hydrogens (tertiary/aromatic N) is 1. The number of halogens is 1. The summed E-state index contributed by atoms with van der Waals surface area (Å²) in [6, 6.07) is 9.32. The van der Waals surface area contributed by atoms with Gasteiger partial charge in [0, 0.05) is 23.6 Å². The highest BCUT2D eigenvalue weighted by atomic mass is 79.9. The van der Waals surface area contributed by atoms with Crippen molar-refractivity contribution in [1.82, 2.24) is 10.2 Å². The third-order valence-corrected chi connectivity index (χ3v) is 4.82. The maximum absolute atomic E-state index is 3.74. The highest BCUT2D eigenvalue weighted by Crippen LogP contribution is 2.40. The molecule has 0 heterocycles. The molecule has 0 bridgehead atoms. The van der Waals surface area contributed by atoms with E-state index in [1.807, 2.05) is 0 Å². The Morgan fingerprint density at radius 2 is 1.90 bits per heavy atom. The highest BCUT2D eigenvalue weighted by Gasteiger charge is 2.32. The second-order valence-electron chi connectivity index (χ2n) is 7.17. The molecule has 1 saturated carbocycles. The standard InChI is InChI=1S/C17H27BrN2/c1-17(2,12-20(3)4)11-19-14-9-13(10-14)15-7-5-6-8-16(15)18/h5-8,13-14,19H,9-12H2,1-4H3. The first-order valence-corrected chi connectivity index (χ1v) is 8.29. The van der Waals surface area contributed by atoms with E-state index in [1.54, 1.807) is 0 Å². The van der Waals surface area contributed by atoms with Crippen LogP contribution in [0.2, 0.25) is 0 Å². The first-order chi connectivity index (χ1) is 9.37. The second-order valence-corrected chi connectivity index (χ2v) is 8.02. The number of nitrogens with one attached hydrogen (secondary N) is 1.